The van der Waals surface area contributed by atoms with Crippen molar-refractivity contribution in [1.29, 1.82) is 0 Å². The van der Waals surface area contributed by atoms with Gasteiger partial charge in [-0.3, -0.25) is 14.9 Å². The second-order valence-corrected chi connectivity index (χ2v) is 9.02. The lowest BCUT2D eigenvalue weighted by molar-refractivity contribution is -0.179. The first-order valence-corrected chi connectivity index (χ1v) is 11.4. The molecule has 0 bridgehead atoms. The Kier molecular flexibility index (Phi) is 4.92. The largest absolute Gasteiger partial charge is 0.394 e. The molecule has 0 unspecified atom stereocenters. The Morgan fingerprint density at radius 1 is 1.06 bits per heavy atom. The predicted octanol–water partition coefficient (Wildman–Crippen LogP) is 5.12. The molecule has 0 atom stereocenters. The summed E-state index contributed by atoms with van der Waals surface area (Å²) in [5, 5.41) is 8.23. The van der Waals surface area contributed by atoms with Crippen molar-refractivity contribution >= 4 is 44.1 Å². The van der Waals surface area contributed by atoms with Crippen LogP contribution in [0.3, 0.4) is 0 Å². The second-order valence-electron chi connectivity index (χ2n) is 9.02. The number of aromatic amines is 2. The van der Waals surface area contributed by atoms with Gasteiger partial charge in [0.25, 0.3) is 5.56 Å². The van der Waals surface area contributed by atoms with Gasteiger partial charge in [-0.25, -0.2) is 4.39 Å². The number of rotatable bonds is 2. The van der Waals surface area contributed by atoms with Crippen molar-refractivity contribution in [2.24, 2.45) is 5.92 Å². The highest BCUT2D eigenvalue weighted by molar-refractivity contribution is 6.17. The molecule has 1 fully saturated rings. The second kappa shape index (κ2) is 7.94. The van der Waals surface area contributed by atoms with Crippen LogP contribution in [0.25, 0.3) is 43.8 Å². The molecule has 4 N–H and O–H groups in total. The Balaban J connectivity index is 1.63. The quantitative estimate of drug-likeness (QED) is 0.233. The molecular formula is C25H20F4N6O. The fourth-order valence-corrected chi connectivity index (χ4v) is 5.20. The number of benzene rings is 2. The molecule has 6 rings (SSSR count). The number of pyridine rings is 2. The highest BCUT2D eigenvalue weighted by Gasteiger charge is 2.41. The van der Waals surface area contributed by atoms with E-state index in [0.29, 0.717) is 44.0 Å². The molecule has 2 aromatic carbocycles. The van der Waals surface area contributed by atoms with E-state index < -0.39 is 23.5 Å². The molecule has 4 heterocycles. The fraction of sp³-hybridized carbons (Fsp3) is 0.240. The number of aromatic nitrogens is 4. The minimum Gasteiger partial charge on any atom is -0.394 e. The van der Waals surface area contributed by atoms with E-state index in [0.717, 1.165) is 0 Å². The molecule has 1 aliphatic rings. The first kappa shape index (κ1) is 22.3. The van der Waals surface area contributed by atoms with Gasteiger partial charge in [-0.15, -0.1) is 0 Å². The van der Waals surface area contributed by atoms with E-state index in [1.807, 2.05) is 4.90 Å². The van der Waals surface area contributed by atoms with E-state index in [-0.39, 0.29) is 37.1 Å². The van der Waals surface area contributed by atoms with Crippen LogP contribution >= 0.6 is 0 Å². The molecule has 36 heavy (non-hydrogen) atoms. The minimum absolute atomic E-state index is 0.0237. The molecule has 184 valence electrons. The van der Waals surface area contributed by atoms with Crippen LogP contribution in [0.15, 0.2) is 47.5 Å². The Labute approximate surface area is 200 Å². The maximum Gasteiger partial charge on any atom is 0.391 e. The van der Waals surface area contributed by atoms with Gasteiger partial charge in [-0.05, 0) is 42.7 Å². The third-order valence-electron chi connectivity index (χ3n) is 7.02. The number of alkyl halides is 3. The van der Waals surface area contributed by atoms with Gasteiger partial charge in [-0.1, -0.05) is 6.07 Å². The first-order chi connectivity index (χ1) is 17.2. The zero-order valence-corrected chi connectivity index (χ0v) is 18.8. The van der Waals surface area contributed by atoms with E-state index in [2.05, 4.69) is 20.2 Å². The van der Waals surface area contributed by atoms with Crippen molar-refractivity contribution in [1.82, 2.24) is 20.2 Å². The molecule has 1 aliphatic heterocycles. The number of anilines is 2. The molecule has 11 heteroatoms. The van der Waals surface area contributed by atoms with Crippen LogP contribution in [0, 0.1) is 11.7 Å². The molecule has 5 aromatic rings. The van der Waals surface area contributed by atoms with Crippen molar-refractivity contribution < 1.29 is 17.6 Å². The van der Waals surface area contributed by atoms with Crippen molar-refractivity contribution in [2.75, 3.05) is 23.7 Å². The van der Waals surface area contributed by atoms with Gasteiger partial charge < -0.3 is 15.6 Å². The standard InChI is InChI=1S/C25H20F4N6O/c26-17-4-3-13(16-11-32-34-22(16)17)19-15-10-18(35-8-5-12(6-9-35)25(27,28)29)23-14(2-1-7-31-23)21(15)33-24(36)20(19)30/h1-4,7,10-12H,5-6,8-9,30H2,(H,32,34)(H,33,36). The lowest BCUT2D eigenvalue weighted by Crippen LogP contribution is -2.39. The SMILES string of the molecule is Nc1c(-c2ccc(F)c3[nH]ncc23)c2cc(N3CCC(C(F)(F)F)CC3)c3ncccc3c2[nH]c1=O. The molecular weight excluding hydrogens is 476 g/mol. The number of nitrogens with zero attached hydrogens (tertiary/aromatic N) is 3. The summed E-state index contributed by atoms with van der Waals surface area (Å²) >= 11 is 0. The zero-order valence-electron chi connectivity index (χ0n) is 18.8. The summed E-state index contributed by atoms with van der Waals surface area (Å²) in [6.45, 7) is 0.413. The van der Waals surface area contributed by atoms with Gasteiger partial charge in [0, 0.05) is 41.0 Å². The van der Waals surface area contributed by atoms with Gasteiger partial charge in [0.15, 0.2) is 0 Å². The van der Waals surface area contributed by atoms with Gasteiger partial charge in [0.1, 0.15) is 17.0 Å². The monoisotopic (exact) mass is 496 g/mol. The summed E-state index contributed by atoms with van der Waals surface area (Å²) < 4.78 is 54.2. The lowest BCUT2D eigenvalue weighted by atomic mass is 9.93. The topological polar surface area (TPSA) is 104 Å². The third-order valence-corrected chi connectivity index (χ3v) is 7.02. The highest BCUT2D eigenvalue weighted by atomic mass is 19.4. The average molecular weight is 496 g/mol. The minimum atomic E-state index is -4.23. The van der Waals surface area contributed by atoms with E-state index in [1.54, 1.807) is 30.5 Å². The number of piperidine rings is 1. The number of nitrogens with one attached hydrogen (secondary N) is 2. The summed E-state index contributed by atoms with van der Waals surface area (Å²) in [6, 6.07) is 8.13. The van der Waals surface area contributed by atoms with Crippen LogP contribution in [-0.4, -0.2) is 39.4 Å². The van der Waals surface area contributed by atoms with E-state index >= 15 is 0 Å². The average Bonchev–Trinajstić information content (AvgIpc) is 3.36. The molecule has 7 nitrogen and oxygen atoms in total. The van der Waals surface area contributed by atoms with Crippen molar-refractivity contribution in [3.63, 3.8) is 0 Å². The number of nitrogens with two attached hydrogens (primary N) is 1. The molecule has 3 aromatic heterocycles. The Hall–Kier alpha value is -4.15. The van der Waals surface area contributed by atoms with Crippen LogP contribution in [-0.2, 0) is 0 Å². The van der Waals surface area contributed by atoms with Gasteiger partial charge >= 0.3 is 6.18 Å². The van der Waals surface area contributed by atoms with Gasteiger partial charge in [0.05, 0.1) is 28.8 Å². The summed E-state index contributed by atoms with van der Waals surface area (Å²) in [5.41, 5.74) is 8.52. The number of hydrogen-bond acceptors (Lipinski definition) is 5. The van der Waals surface area contributed by atoms with Crippen molar-refractivity contribution in [3.8, 4) is 11.1 Å². The molecule has 0 aliphatic carbocycles. The van der Waals surface area contributed by atoms with Crippen LogP contribution < -0.4 is 16.2 Å². The zero-order chi connectivity index (χ0) is 25.2. The van der Waals surface area contributed by atoms with Crippen molar-refractivity contribution in [2.45, 2.75) is 19.0 Å². The summed E-state index contributed by atoms with van der Waals surface area (Å²) in [5.74, 6) is -1.84. The molecule has 0 amide bonds. The normalized spacial score (nSPS) is 15.4. The fourth-order valence-electron chi connectivity index (χ4n) is 5.20. The molecule has 0 radical (unpaired) electrons. The number of fused-ring (bicyclic) bond motifs is 4. The van der Waals surface area contributed by atoms with Crippen LogP contribution in [0.4, 0.5) is 28.9 Å². The first-order valence-electron chi connectivity index (χ1n) is 11.4. The van der Waals surface area contributed by atoms with Gasteiger partial charge in [-0.2, -0.15) is 18.3 Å². The number of H-pyrrole nitrogens is 2. The van der Waals surface area contributed by atoms with Crippen molar-refractivity contribution in [3.05, 3.63) is 58.9 Å². The Bertz CT molecular complexity index is 1700. The van der Waals surface area contributed by atoms with Crippen LogP contribution in [0.1, 0.15) is 12.8 Å². The van der Waals surface area contributed by atoms with Gasteiger partial charge in [0.2, 0.25) is 0 Å². The smallest absolute Gasteiger partial charge is 0.391 e. The molecule has 0 spiro atoms. The summed E-state index contributed by atoms with van der Waals surface area (Å²) in [6.07, 6.45) is -1.21. The predicted molar refractivity (Wildman–Crippen MR) is 130 cm³/mol. The maximum atomic E-state index is 14.4. The maximum absolute atomic E-state index is 14.4. The Morgan fingerprint density at radius 3 is 2.58 bits per heavy atom. The van der Waals surface area contributed by atoms with E-state index in [9.17, 15) is 22.4 Å². The van der Waals surface area contributed by atoms with Crippen LogP contribution in [0.2, 0.25) is 0 Å². The van der Waals surface area contributed by atoms with Crippen LogP contribution in [0.5, 0.6) is 0 Å². The number of hydrogen-bond donors (Lipinski definition) is 3. The van der Waals surface area contributed by atoms with E-state index in [1.165, 1.54) is 12.3 Å². The van der Waals surface area contributed by atoms with E-state index in [4.69, 9.17) is 5.73 Å². The third kappa shape index (κ3) is 3.37. The summed E-state index contributed by atoms with van der Waals surface area (Å²) in [4.78, 5) is 22.1. The number of halogens is 4. The summed E-state index contributed by atoms with van der Waals surface area (Å²) in [7, 11) is 0. The molecule has 0 saturated carbocycles. The highest BCUT2D eigenvalue weighted by Crippen LogP contribution is 2.42. The molecule has 1 saturated heterocycles. The number of nitrogen functional groups attached to an aromatic ring is 1. The lowest BCUT2D eigenvalue weighted by Gasteiger charge is -2.35. The Morgan fingerprint density at radius 2 is 1.83 bits per heavy atom.